The lowest BCUT2D eigenvalue weighted by Gasteiger charge is -2.13. The zero-order valence-corrected chi connectivity index (χ0v) is 16.1. The van der Waals surface area contributed by atoms with Crippen LogP contribution in [0.5, 0.6) is 5.75 Å². The highest BCUT2D eigenvalue weighted by molar-refractivity contribution is 7.92. The van der Waals surface area contributed by atoms with Crippen LogP contribution in [0.3, 0.4) is 0 Å². The van der Waals surface area contributed by atoms with Crippen molar-refractivity contribution < 1.29 is 13.2 Å². The largest absolute Gasteiger partial charge is 0.494 e. The molecule has 0 saturated heterocycles. The molecule has 0 fully saturated rings. The van der Waals surface area contributed by atoms with Gasteiger partial charge in [-0.1, -0.05) is 65.7 Å². The van der Waals surface area contributed by atoms with Crippen LogP contribution in [0.2, 0.25) is 10.0 Å². The van der Waals surface area contributed by atoms with Crippen molar-refractivity contribution in [3.05, 3.63) is 76.8 Å². The monoisotopic (exact) mass is 407 g/mol. The van der Waals surface area contributed by atoms with Gasteiger partial charge in [-0.3, -0.25) is 4.72 Å². The maximum atomic E-state index is 12.7. The standard InChI is InChI=1S/C19H15Cl2NO3S/c1-25-19-17(12-11-16(20)18(19)21)26(23,24)22-15-9-7-14(8-10-15)13-5-3-2-4-6-13/h2-12,22H,1H3. The van der Waals surface area contributed by atoms with E-state index in [1.54, 1.807) is 12.1 Å². The van der Waals surface area contributed by atoms with E-state index in [1.807, 2.05) is 42.5 Å². The summed E-state index contributed by atoms with van der Waals surface area (Å²) in [6.07, 6.45) is 0. The Balaban J connectivity index is 1.90. The summed E-state index contributed by atoms with van der Waals surface area (Å²) < 4.78 is 33.1. The molecule has 3 aromatic rings. The van der Waals surface area contributed by atoms with Gasteiger partial charge in [0.05, 0.1) is 12.1 Å². The predicted octanol–water partition coefficient (Wildman–Crippen LogP) is 5.47. The number of methoxy groups -OCH3 is 1. The number of hydrogen-bond donors (Lipinski definition) is 1. The molecule has 0 spiro atoms. The lowest BCUT2D eigenvalue weighted by Crippen LogP contribution is -2.14. The first-order valence-corrected chi connectivity index (χ1v) is 9.86. The van der Waals surface area contributed by atoms with Crippen LogP contribution in [0.15, 0.2) is 71.6 Å². The third-order valence-corrected chi connectivity index (χ3v) is 5.94. The molecule has 0 aliphatic carbocycles. The first kappa shape index (κ1) is 18.6. The van der Waals surface area contributed by atoms with Gasteiger partial charge < -0.3 is 4.74 Å². The van der Waals surface area contributed by atoms with Gasteiger partial charge in [-0.15, -0.1) is 0 Å². The van der Waals surface area contributed by atoms with E-state index in [2.05, 4.69) is 4.72 Å². The van der Waals surface area contributed by atoms with E-state index < -0.39 is 10.0 Å². The van der Waals surface area contributed by atoms with Crippen LogP contribution in [-0.2, 0) is 10.0 Å². The molecule has 4 nitrogen and oxygen atoms in total. The molecule has 0 aromatic heterocycles. The smallest absolute Gasteiger partial charge is 0.265 e. The summed E-state index contributed by atoms with van der Waals surface area (Å²) in [5.41, 5.74) is 2.46. The zero-order valence-electron chi connectivity index (χ0n) is 13.7. The summed E-state index contributed by atoms with van der Waals surface area (Å²) in [5.74, 6) is 0.00701. The van der Waals surface area contributed by atoms with Crippen LogP contribution >= 0.6 is 23.2 Å². The van der Waals surface area contributed by atoms with Crippen molar-refractivity contribution in [3.8, 4) is 16.9 Å². The van der Waals surface area contributed by atoms with E-state index in [1.165, 1.54) is 19.2 Å². The van der Waals surface area contributed by atoms with Crippen LogP contribution in [0.25, 0.3) is 11.1 Å². The number of benzene rings is 3. The Morgan fingerprint density at radius 1 is 0.846 bits per heavy atom. The Bertz CT molecular complexity index is 1020. The van der Waals surface area contributed by atoms with Crippen molar-refractivity contribution in [3.63, 3.8) is 0 Å². The van der Waals surface area contributed by atoms with Crippen LogP contribution in [0, 0.1) is 0 Å². The molecule has 0 radical (unpaired) electrons. The van der Waals surface area contributed by atoms with Crippen LogP contribution < -0.4 is 9.46 Å². The third kappa shape index (κ3) is 3.80. The fraction of sp³-hybridized carbons (Fsp3) is 0.0526. The molecule has 1 N–H and O–H groups in total. The molecule has 3 aromatic carbocycles. The molecule has 0 aliphatic heterocycles. The Morgan fingerprint density at radius 3 is 2.08 bits per heavy atom. The van der Waals surface area contributed by atoms with Gasteiger partial charge in [0.2, 0.25) is 0 Å². The van der Waals surface area contributed by atoms with E-state index in [-0.39, 0.29) is 20.7 Å². The van der Waals surface area contributed by atoms with Gasteiger partial charge in [-0.25, -0.2) is 8.42 Å². The number of hydrogen-bond acceptors (Lipinski definition) is 3. The molecule has 0 atom stereocenters. The number of halogens is 2. The quantitative estimate of drug-likeness (QED) is 0.609. The summed E-state index contributed by atoms with van der Waals surface area (Å²) in [4.78, 5) is -0.0819. The molecule has 0 aliphatic rings. The van der Waals surface area contributed by atoms with E-state index in [0.29, 0.717) is 5.69 Å². The Labute approximate surface area is 162 Å². The van der Waals surface area contributed by atoms with Gasteiger partial charge in [-0.2, -0.15) is 0 Å². The minimum absolute atomic E-state index is 0.00701. The fourth-order valence-electron chi connectivity index (χ4n) is 2.49. The number of nitrogens with one attached hydrogen (secondary N) is 1. The molecule has 0 unspecified atom stereocenters. The molecule has 0 heterocycles. The fourth-order valence-corrected chi connectivity index (χ4v) is 4.17. The Morgan fingerprint density at radius 2 is 1.46 bits per heavy atom. The van der Waals surface area contributed by atoms with Gasteiger partial charge in [0.25, 0.3) is 10.0 Å². The van der Waals surface area contributed by atoms with Crippen molar-refractivity contribution in [1.82, 2.24) is 0 Å². The summed E-state index contributed by atoms with van der Waals surface area (Å²) in [6.45, 7) is 0. The number of sulfonamides is 1. The Hall–Kier alpha value is -2.21. The molecular weight excluding hydrogens is 393 g/mol. The van der Waals surface area contributed by atoms with E-state index >= 15 is 0 Å². The average Bonchev–Trinajstić information content (AvgIpc) is 2.64. The van der Waals surface area contributed by atoms with Crippen LogP contribution in [-0.4, -0.2) is 15.5 Å². The molecule has 134 valence electrons. The molecule has 0 saturated carbocycles. The van der Waals surface area contributed by atoms with Gasteiger partial charge in [0, 0.05) is 5.69 Å². The van der Waals surface area contributed by atoms with E-state index in [9.17, 15) is 8.42 Å². The van der Waals surface area contributed by atoms with Gasteiger partial charge >= 0.3 is 0 Å². The van der Waals surface area contributed by atoms with Crippen LogP contribution in [0.1, 0.15) is 0 Å². The summed E-state index contributed by atoms with van der Waals surface area (Å²) in [6, 6.07) is 19.7. The minimum Gasteiger partial charge on any atom is -0.494 e. The normalized spacial score (nSPS) is 11.2. The van der Waals surface area contributed by atoms with Crippen molar-refractivity contribution in [1.29, 1.82) is 0 Å². The third-order valence-electron chi connectivity index (χ3n) is 3.75. The molecule has 0 amide bonds. The Kier molecular flexibility index (Phi) is 5.41. The SMILES string of the molecule is COc1c(S(=O)(=O)Nc2ccc(-c3ccccc3)cc2)ccc(Cl)c1Cl. The first-order valence-electron chi connectivity index (χ1n) is 7.62. The lowest BCUT2D eigenvalue weighted by atomic mass is 10.1. The summed E-state index contributed by atoms with van der Waals surface area (Å²) >= 11 is 12.0. The zero-order chi connectivity index (χ0) is 18.7. The second-order valence-electron chi connectivity index (χ2n) is 5.44. The second kappa shape index (κ2) is 7.58. The second-order valence-corrected chi connectivity index (χ2v) is 7.88. The van der Waals surface area contributed by atoms with Crippen LogP contribution in [0.4, 0.5) is 5.69 Å². The van der Waals surface area contributed by atoms with Crippen molar-refractivity contribution >= 4 is 38.9 Å². The average molecular weight is 408 g/mol. The minimum atomic E-state index is -3.89. The number of anilines is 1. The topological polar surface area (TPSA) is 55.4 Å². The van der Waals surface area contributed by atoms with Crippen molar-refractivity contribution in [2.45, 2.75) is 4.90 Å². The summed E-state index contributed by atoms with van der Waals surface area (Å²) in [7, 11) is -2.55. The molecular formula is C19H15Cl2NO3S. The molecule has 26 heavy (non-hydrogen) atoms. The summed E-state index contributed by atoms with van der Waals surface area (Å²) in [5, 5.41) is 0.270. The maximum absolute atomic E-state index is 12.7. The number of rotatable bonds is 5. The van der Waals surface area contributed by atoms with E-state index in [0.717, 1.165) is 11.1 Å². The number of ether oxygens (including phenoxy) is 1. The highest BCUT2D eigenvalue weighted by Crippen LogP contribution is 2.38. The van der Waals surface area contributed by atoms with E-state index in [4.69, 9.17) is 27.9 Å². The highest BCUT2D eigenvalue weighted by Gasteiger charge is 2.23. The highest BCUT2D eigenvalue weighted by atomic mass is 35.5. The molecule has 7 heteroatoms. The van der Waals surface area contributed by atoms with Gasteiger partial charge in [0.15, 0.2) is 5.75 Å². The lowest BCUT2D eigenvalue weighted by molar-refractivity contribution is 0.403. The van der Waals surface area contributed by atoms with Gasteiger partial charge in [0.1, 0.15) is 9.92 Å². The predicted molar refractivity (Wildman–Crippen MR) is 106 cm³/mol. The first-order chi connectivity index (χ1) is 12.4. The van der Waals surface area contributed by atoms with Gasteiger partial charge in [-0.05, 0) is 35.4 Å². The molecule has 3 rings (SSSR count). The van der Waals surface area contributed by atoms with Crippen molar-refractivity contribution in [2.75, 3.05) is 11.8 Å². The van der Waals surface area contributed by atoms with Crippen molar-refractivity contribution in [2.24, 2.45) is 0 Å². The molecule has 0 bridgehead atoms. The maximum Gasteiger partial charge on any atom is 0.265 e.